The van der Waals surface area contributed by atoms with Crippen molar-refractivity contribution in [1.29, 1.82) is 0 Å². The minimum atomic E-state index is -0.207. The highest BCUT2D eigenvalue weighted by Crippen LogP contribution is 1.99. The van der Waals surface area contributed by atoms with Crippen LogP contribution in [-0.4, -0.2) is 12.6 Å². The fourth-order valence-electron chi connectivity index (χ4n) is 0.785. The van der Waals surface area contributed by atoms with Gasteiger partial charge in [0.1, 0.15) is 0 Å². The van der Waals surface area contributed by atoms with Crippen molar-refractivity contribution >= 4 is 5.97 Å². The van der Waals surface area contributed by atoms with Crippen molar-refractivity contribution in [2.24, 2.45) is 0 Å². The second-order valence-corrected chi connectivity index (χ2v) is 2.52. The van der Waals surface area contributed by atoms with E-state index in [9.17, 15) is 4.79 Å². The summed E-state index contributed by atoms with van der Waals surface area (Å²) in [4.78, 5) is 10.6. The van der Waals surface area contributed by atoms with Crippen LogP contribution < -0.4 is 0 Å². The molecule has 0 N–H and O–H groups in total. The zero-order valence-corrected chi connectivity index (χ0v) is 7.43. The first-order valence-electron chi connectivity index (χ1n) is 4.27. The third-order valence-electron chi connectivity index (χ3n) is 1.48. The van der Waals surface area contributed by atoms with E-state index < -0.39 is 0 Å². The first kappa shape index (κ1) is 10.5. The second kappa shape index (κ2) is 7.58. The van der Waals surface area contributed by atoms with Gasteiger partial charge in [-0.25, -0.2) is 0 Å². The molecule has 2 nitrogen and oxygen atoms in total. The SMILES string of the molecule is C[CH]C(=O)OCCCCCC. The van der Waals surface area contributed by atoms with Gasteiger partial charge in [0, 0.05) is 0 Å². The van der Waals surface area contributed by atoms with Crippen LogP contribution in [0, 0.1) is 6.42 Å². The number of hydrogen-bond donors (Lipinski definition) is 0. The van der Waals surface area contributed by atoms with Gasteiger partial charge in [0.25, 0.3) is 0 Å². The van der Waals surface area contributed by atoms with Crippen LogP contribution in [0.25, 0.3) is 0 Å². The maximum atomic E-state index is 10.6. The Balaban J connectivity index is 2.95. The Morgan fingerprint density at radius 3 is 2.64 bits per heavy atom. The molecule has 0 saturated carbocycles. The maximum absolute atomic E-state index is 10.6. The van der Waals surface area contributed by atoms with Crippen LogP contribution in [0.15, 0.2) is 0 Å². The van der Waals surface area contributed by atoms with E-state index in [1.54, 1.807) is 6.92 Å². The molecule has 0 aromatic rings. The van der Waals surface area contributed by atoms with Crippen molar-refractivity contribution in [3.63, 3.8) is 0 Å². The van der Waals surface area contributed by atoms with Gasteiger partial charge in [-0.3, -0.25) is 4.79 Å². The van der Waals surface area contributed by atoms with E-state index in [1.165, 1.54) is 19.3 Å². The summed E-state index contributed by atoms with van der Waals surface area (Å²) in [6, 6.07) is 0. The Kier molecular flexibility index (Phi) is 7.21. The molecule has 0 heterocycles. The van der Waals surface area contributed by atoms with E-state index in [0.29, 0.717) is 6.61 Å². The molecule has 0 aliphatic heterocycles. The van der Waals surface area contributed by atoms with Gasteiger partial charge in [-0.15, -0.1) is 0 Å². The van der Waals surface area contributed by atoms with Crippen LogP contribution in [0.4, 0.5) is 0 Å². The molecule has 1 radical (unpaired) electrons. The monoisotopic (exact) mass is 157 g/mol. The Morgan fingerprint density at radius 1 is 1.36 bits per heavy atom. The molecule has 0 unspecified atom stereocenters. The summed E-state index contributed by atoms with van der Waals surface area (Å²) in [6.07, 6.45) is 6.04. The third-order valence-corrected chi connectivity index (χ3v) is 1.48. The molecule has 0 aromatic carbocycles. The molecular formula is C9H17O2. The van der Waals surface area contributed by atoms with Crippen LogP contribution in [0.2, 0.25) is 0 Å². The van der Waals surface area contributed by atoms with Crippen molar-refractivity contribution in [3.05, 3.63) is 6.42 Å². The predicted molar refractivity (Wildman–Crippen MR) is 45.1 cm³/mol. The number of unbranched alkanes of at least 4 members (excludes halogenated alkanes) is 3. The highest BCUT2D eigenvalue weighted by Gasteiger charge is 1.96. The van der Waals surface area contributed by atoms with Crippen LogP contribution in [0.1, 0.15) is 39.5 Å². The molecule has 0 saturated heterocycles. The van der Waals surface area contributed by atoms with Crippen molar-refractivity contribution in [2.45, 2.75) is 39.5 Å². The fourth-order valence-corrected chi connectivity index (χ4v) is 0.785. The molecule has 0 rings (SSSR count). The van der Waals surface area contributed by atoms with E-state index in [0.717, 1.165) is 12.8 Å². The molecule has 0 atom stereocenters. The lowest BCUT2D eigenvalue weighted by Gasteiger charge is -2.01. The number of carbonyl (C=O) groups is 1. The number of rotatable bonds is 6. The molecule has 65 valence electrons. The highest BCUT2D eigenvalue weighted by molar-refractivity contribution is 5.78. The van der Waals surface area contributed by atoms with Gasteiger partial charge in [-0.1, -0.05) is 33.1 Å². The van der Waals surface area contributed by atoms with Gasteiger partial charge in [0.05, 0.1) is 13.0 Å². The normalized spacial score (nSPS) is 9.64. The molecule has 2 heteroatoms. The minimum absolute atomic E-state index is 0.207. The van der Waals surface area contributed by atoms with Gasteiger partial charge < -0.3 is 4.74 Å². The summed E-state index contributed by atoms with van der Waals surface area (Å²) in [5.41, 5.74) is 0. The van der Waals surface area contributed by atoms with Gasteiger partial charge in [-0.2, -0.15) is 0 Å². The lowest BCUT2D eigenvalue weighted by Crippen LogP contribution is -2.04. The Labute approximate surface area is 68.9 Å². The molecule has 0 bridgehead atoms. The van der Waals surface area contributed by atoms with Crippen LogP contribution in [-0.2, 0) is 9.53 Å². The Morgan fingerprint density at radius 2 is 2.09 bits per heavy atom. The molecule has 0 amide bonds. The molecule has 0 aliphatic carbocycles. The summed E-state index contributed by atoms with van der Waals surface area (Å²) in [5, 5.41) is 0. The van der Waals surface area contributed by atoms with Crippen molar-refractivity contribution in [2.75, 3.05) is 6.61 Å². The lowest BCUT2D eigenvalue weighted by molar-refractivity contribution is -0.139. The zero-order chi connectivity index (χ0) is 8.53. The standard InChI is InChI=1S/C9H17O2/c1-3-5-6-7-8-11-9(10)4-2/h4H,3,5-8H2,1-2H3. The summed E-state index contributed by atoms with van der Waals surface area (Å²) in [5.74, 6) is -0.207. The summed E-state index contributed by atoms with van der Waals surface area (Å²) < 4.78 is 4.84. The second-order valence-electron chi connectivity index (χ2n) is 2.52. The van der Waals surface area contributed by atoms with Gasteiger partial charge in [-0.05, 0) is 6.42 Å². The number of esters is 1. The number of hydrogen-bond acceptors (Lipinski definition) is 2. The number of ether oxygens (including phenoxy) is 1. The smallest absolute Gasteiger partial charge is 0.309 e. The lowest BCUT2D eigenvalue weighted by atomic mass is 10.2. The average molecular weight is 157 g/mol. The topological polar surface area (TPSA) is 26.3 Å². The minimum Gasteiger partial charge on any atom is -0.465 e. The van der Waals surface area contributed by atoms with E-state index in [1.807, 2.05) is 0 Å². The quantitative estimate of drug-likeness (QED) is 0.437. The molecule has 11 heavy (non-hydrogen) atoms. The largest absolute Gasteiger partial charge is 0.465 e. The third kappa shape index (κ3) is 7.37. The fraction of sp³-hybridized carbons (Fsp3) is 0.778. The highest BCUT2D eigenvalue weighted by atomic mass is 16.5. The predicted octanol–water partition coefficient (Wildman–Crippen LogP) is 2.33. The van der Waals surface area contributed by atoms with E-state index >= 15 is 0 Å². The van der Waals surface area contributed by atoms with Crippen LogP contribution >= 0.6 is 0 Å². The van der Waals surface area contributed by atoms with Crippen molar-refractivity contribution in [3.8, 4) is 0 Å². The van der Waals surface area contributed by atoms with Gasteiger partial charge in [0.15, 0.2) is 0 Å². The molecule has 0 aromatic heterocycles. The molecule has 0 fully saturated rings. The van der Waals surface area contributed by atoms with Gasteiger partial charge in [0.2, 0.25) is 0 Å². The maximum Gasteiger partial charge on any atom is 0.309 e. The summed E-state index contributed by atoms with van der Waals surface area (Å²) >= 11 is 0. The molecular weight excluding hydrogens is 140 g/mol. The van der Waals surface area contributed by atoms with E-state index in [4.69, 9.17) is 4.74 Å². The molecule has 0 spiro atoms. The summed E-state index contributed by atoms with van der Waals surface area (Å²) in [6.45, 7) is 4.42. The van der Waals surface area contributed by atoms with E-state index in [-0.39, 0.29) is 5.97 Å². The zero-order valence-electron chi connectivity index (χ0n) is 7.43. The van der Waals surface area contributed by atoms with Crippen molar-refractivity contribution in [1.82, 2.24) is 0 Å². The van der Waals surface area contributed by atoms with Crippen LogP contribution in [0.5, 0.6) is 0 Å². The first-order chi connectivity index (χ1) is 5.31. The first-order valence-corrected chi connectivity index (χ1v) is 4.27. The average Bonchev–Trinajstić information content (AvgIpc) is 2.04. The number of carbonyl (C=O) groups excluding carboxylic acids is 1. The van der Waals surface area contributed by atoms with Gasteiger partial charge >= 0.3 is 5.97 Å². The van der Waals surface area contributed by atoms with Crippen LogP contribution in [0.3, 0.4) is 0 Å². The van der Waals surface area contributed by atoms with E-state index in [2.05, 4.69) is 6.92 Å². The Hall–Kier alpha value is -0.530. The summed E-state index contributed by atoms with van der Waals surface area (Å²) in [7, 11) is 0. The molecule has 0 aliphatic rings. The Bertz CT molecular complexity index is 99.7. The van der Waals surface area contributed by atoms with Crippen molar-refractivity contribution < 1.29 is 9.53 Å².